The van der Waals surface area contributed by atoms with Gasteiger partial charge in [-0.25, -0.2) is 9.48 Å². The van der Waals surface area contributed by atoms with Crippen molar-refractivity contribution in [2.45, 2.75) is 25.6 Å². The number of carbonyl (C=O) groups excluding carboxylic acids is 1. The van der Waals surface area contributed by atoms with Gasteiger partial charge in [0.15, 0.2) is 5.69 Å². The maximum Gasteiger partial charge on any atom is 0.435 e. The van der Waals surface area contributed by atoms with Crippen LogP contribution in [0.25, 0.3) is 5.69 Å². The molecule has 1 atom stereocenters. The first-order chi connectivity index (χ1) is 15.5. The smallest absolute Gasteiger partial charge is 0.435 e. The van der Waals surface area contributed by atoms with Gasteiger partial charge in [-0.15, -0.1) is 0 Å². The molecular formula is C22H19ClF3N3O4. The molecule has 0 fully saturated rings. The predicted octanol–water partition coefficient (Wildman–Crippen LogP) is 4.67. The van der Waals surface area contributed by atoms with E-state index in [1.165, 1.54) is 31.4 Å². The minimum atomic E-state index is -4.67. The van der Waals surface area contributed by atoms with E-state index in [1.807, 2.05) is 0 Å². The topological polar surface area (TPSA) is 93.5 Å². The Morgan fingerprint density at radius 1 is 1.21 bits per heavy atom. The van der Waals surface area contributed by atoms with Crippen LogP contribution < -0.4 is 10.1 Å². The van der Waals surface area contributed by atoms with Crippen molar-refractivity contribution in [1.82, 2.24) is 15.1 Å². The van der Waals surface area contributed by atoms with Gasteiger partial charge in [-0.1, -0.05) is 23.7 Å². The van der Waals surface area contributed by atoms with E-state index in [2.05, 4.69) is 10.4 Å². The maximum atomic E-state index is 13.2. The number of nitrogens with one attached hydrogen (secondary N) is 1. The lowest BCUT2D eigenvalue weighted by Gasteiger charge is -2.15. The number of carboxylic acid groups (broad SMARTS) is 1. The van der Waals surface area contributed by atoms with E-state index >= 15 is 0 Å². The van der Waals surface area contributed by atoms with Crippen LogP contribution in [-0.2, 0) is 17.5 Å². The van der Waals surface area contributed by atoms with Gasteiger partial charge in [0.1, 0.15) is 11.3 Å². The highest BCUT2D eigenvalue weighted by Crippen LogP contribution is 2.30. The Morgan fingerprint density at radius 3 is 2.55 bits per heavy atom. The quantitative estimate of drug-likeness (QED) is 0.511. The van der Waals surface area contributed by atoms with Crippen molar-refractivity contribution in [2.24, 2.45) is 0 Å². The zero-order chi connectivity index (χ0) is 24.3. The number of nitrogens with zero attached hydrogens (tertiary/aromatic N) is 2. The Morgan fingerprint density at radius 2 is 1.94 bits per heavy atom. The number of hydrogen-bond acceptors (Lipinski definition) is 4. The third kappa shape index (κ3) is 5.46. The minimum Gasteiger partial charge on any atom is -0.496 e. The molecule has 0 saturated carbocycles. The fraction of sp³-hybridized carbons (Fsp3) is 0.227. The molecule has 11 heteroatoms. The van der Waals surface area contributed by atoms with E-state index < -0.39 is 29.7 Å². The van der Waals surface area contributed by atoms with Crippen molar-refractivity contribution < 1.29 is 32.6 Å². The van der Waals surface area contributed by atoms with Crippen molar-refractivity contribution in [3.05, 3.63) is 76.1 Å². The van der Waals surface area contributed by atoms with Crippen LogP contribution in [0.1, 0.15) is 40.2 Å². The second kappa shape index (κ2) is 9.53. The van der Waals surface area contributed by atoms with Gasteiger partial charge in [-0.2, -0.15) is 18.3 Å². The fourth-order valence-electron chi connectivity index (χ4n) is 3.15. The van der Waals surface area contributed by atoms with Crippen LogP contribution in [0.2, 0.25) is 5.02 Å². The third-order valence-corrected chi connectivity index (χ3v) is 5.15. The highest BCUT2D eigenvalue weighted by atomic mass is 35.5. The molecule has 2 aromatic carbocycles. The summed E-state index contributed by atoms with van der Waals surface area (Å²) in [6, 6.07) is 11.3. The highest BCUT2D eigenvalue weighted by Gasteiger charge is 2.35. The van der Waals surface area contributed by atoms with Crippen molar-refractivity contribution in [3.8, 4) is 11.4 Å². The summed E-state index contributed by atoms with van der Waals surface area (Å²) in [5.41, 5.74) is -0.269. The molecular weight excluding hydrogens is 463 g/mol. The Balaban J connectivity index is 1.83. The standard InChI is InChI=1S/C22H19ClF3N3O4/c1-12(13-6-7-17(21(31)32)18(8-13)33-2)20(30)27-11-16-10-19(22(24,25)26)28-29(16)15-5-3-4-14(23)9-15/h3-10,12H,11H2,1-2H3,(H,27,30)(H,31,32). The number of carboxylic acids is 1. The van der Waals surface area contributed by atoms with E-state index in [4.69, 9.17) is 16.3 Å². The molecule has 0 aliphatic heterocycles. The van der Waals surface area contributed by atoms with Crippen molar-refractivity contribution in [3.63, 3.8) is 0 Å². The van der Waals surface area contributed by atoms with Crippen LogP contribution in [0.5, 0.6) is 5.75 Å². The number of methoxy groups -OCH3 is 1. The van der Waals surface area contributed by atoms with Gasteiger partial charge in [0, 0.05) is 5.02 Å². The summed E-state index contributed by atoms with van der Waals surface area (Å²) >= 11 is 5.96. The highest BCUT2D eigenvalue weighted by molar-refractivity contribution is 6.30. The molecule has 3 aromatic rings. The number of carbonyl (C=O) groups is 2. The molecule has 1 aromatic heterocycles. The molecule has 7 nitrogen and oxygen atoms in total. The molecule has 33 heavy (non-hydrogen) atoms. The van der Waals surface area contributed by atoms with Gasteiger partial charge in [0.05, 0.1) is 31.0 Å². The summed E-state index contributed by atoms with van der Waals surface area (Å²) in [7, 11) is 1.31. The summed E-state index contributed by atoms with van der Waals surface area (Å²) in [6.07, 6.45) is -4.67. The summed E-state index contributed by atoms with van der Waals surface area (Å²) in [6.45, 7) is 1.35. The maximum absolute atomic E-state index is 13.2. The number of ether oxygens (including phenoxy) is 1. The molecule has 0 radical (unpaired) electrons. The number of aromatic carboxylic acids is 1. The van der Waals surface area contributed by atoms with E-state index in [9.17, 15) is 27.9 Å². The molecule has 0 spiro atoms. The lowest BCUT2D eigenvalue weighted by atomic mass is 9.98. The first-order valence-electron chi connectivity index (χ1n) is 9.62. The van der Waals surface area contributed by atoms with Gasteiger partial charge in [0.25, 0.3) is 0 Å². The summed E-state index contributed by atoms with van der Waals surface area (Å²) in [5.74, 6) is -2.29. The van der Waals surface area contributed by atoms with Gasteiger partial charge >= 0.3 is 12.1 Å². The number of alkyl halides is 3. The van der Waals surface area contributed by atoms with Crippen LogP contribution in [-0.4, -0.2) is 33.9 Å². The molecule has 0 saturated heterocycles. The number of amides is 1. The van der Waals surface area contributed by atoms with Crippen LogP contribution in [0.3, 0.4) is 0 Å². The molecule has 174 valence electrons. The predicted molar refractivity (Wildman–Crippen MR) is 114 cm³/mol. The molecule has 1 unspecified atom stereocenters. The molecule has 1 amide bonds. The summed E-state index contributed by atoms with van der Waals surface area (Å²) in [5, 5.41) is 15.7. The number of hydrogen-bond donors (Lipinski definition) is 2. The largest absolute Gasteiger partial charge is 0.496 e. The lowest BCUT2D eigenvalue weighted by molar-refractivity contribution is -0.141. The van der Waals surface area contributed by atoms with Crippen LogP contribution in [0, 0.1) is 0 Å². The normalized spacial score (nSPS) is 12.3. The van der Waals surface area contributed by atoms with Crippen molar-refractivity contribution >= 4 is 23.5 Å². The molecule has 0 bridgehead atoms. The Hall–Kier alpha value is -3.53. The average Bonchev–Trinajstić information content (AvgIpc) is 3.21. The number of aromatic nitrogens is 2. The molecule has 0 aliphatic carbocycles. The van der Waals surface area contributed by atoms with Crippen molar-refractivity contribution in [1.29, 1.82) is 0 Å². The zero-order valence-corrected chi connectivity index (χ0v) is 18.2. The van der Waals surface area contributed by atoms with Crippen LogP contribution >= 0.6 is 11.6 Å². The third-order valence-electron chi connectivity index (χ3n) is 4.92. The summed E-state index contributed by atoms with van der Waals surface area (Å²) in [4.78, 5) is 23.9. The van der Waals surface area contributed by atoms with Gasteiger partial charge in [-0.05, 0) is 48.9 Å². The molecule has 0 aliphatic rings. The molecule has 2 N–H and O–H groups in total. The number of benzene rings is 2. The Bertz CT molecular complexity index is 1190. The minimum absolute atomic E-state index is 0.0565. The van der Waals surface area contributed by atoms with E-state index in [0.29, 0.717) is 16.3 Å². The Kier molecular flexibility index (Phi) is 6.97. The van der Waals surface area contributed by atoms with Gasteiger partial charge < -0.3 is 15.2 Å². The van der Waals surface area contributed by atoms with E-state index in [1.54, 1.807) is 25.1 Å². The van der Waals surface area contributed by atoms with Gasteiger partial charge in [-0.3, -0.25) is 4.79 Å². The van der Waals surface area contributed by atoms with E-state index in [-0.39, 0.29) is 23.6 Å². The van der Waals surface area contributed by atoms with Crippen molar-refractivity contribution in [2.75, 3.05) is 7.11 Å². The molecule has 3 rings (SSSR count). The average molecular weight is 482 g/mol. The Labute approximate surface area is 191 Å². The first-order valence-corrected chi connectivity index (χ1v) is 10.00. The van der Waals surface area contributed by atoms with Crippen LogP contribution in [0.15, 0.2) is 48.5 Å². The van der Waals surface area contributed by atoms with Crippen LogP contribution in [0.4, 0.5) is 13.2 Å². The fourth-order valence-corrected chi connectivity index (χ4v) is 3.34. The number of rotatable bonds is 7. The second-order valence-electron chi connectivity index (χ2n) is 7.11. The first kappa shape index (κ1) is 24.1. The van der Waals surface area contributed by atoms with E-state index in [0.717, 1.165) is 10.7 Å². The summed E-state index contributed by atoms with van der Waals surface area (Å²) < 4.78 is 45.9. The second-order valence-corrected chi connectivity index (χ2v) is 7.55. The zero-order valence-electron chi connectivity index (χ0n) is 17.5. The van der Waals surface area contributed by atoms with Gasteiger partial charge in [0.2, 0.25) is 5.91 Å². The number of halogens is 4. The lowest BCUT2D eigenvalue weighted by Crippen LogP contribution is -2.28. The monoisotopic (exact) mass is 481 g/mol. The molecule has 1 heterocycles. The SMILES string of the molecule is COc1cc(C(C)C(=O)NCc2cc(C(F)(F)F)nn2-c2cccc(Cl)c2)ccc1C(=O)O.